The molecule has 1 saturated heterocycles. The van der Waals surface area contributed by atoms with E-state index in [1.807, 2.05) is 0 Å². The predicted molar refractivity (Wildman–Crippen MR) is 131 cm³/mol. The lowest BCUT2D eigenvalue weighted by atomic mass is 9.81. The third-order valence-corrected chi connectivity index (χ3v) is 6.67. The standard InChI is InChI=1S/C28H25F3N2O4/c1-37-20-5-6-25-22(15-20)21(8-10-32-25)26(34)7-4-17-9-12-33(16-23(17)28(35)36)11-2-3-18-13-19(29)14-24(30)27(18)31/h5-6,8,10,13-15,17,23H,4,7,9,11-12,16H2,1H3,(H,35,36)/t17-,23+/m0/s1. The third kappa shape index (κ3) is 6.09. The van der Waals surface area contributed by atoms with Crippen molar-refractivity contribution in [1.29, 1.82) is 0 Å². The first-order valence-corrected chi connectivity index (χ1v) is 11.8. The van der Waals surface area contributed by atoms with Gasteiger partial charge in [0.15, 0.2) is 17.4 Å². The quantitative estimate of drug-likeness (QED) is 0.282. The van der Waals surface area contributed by atoms with Gasteiger partial charge in [-0.15, -0.1) is 0 Å². The first kappa shape index (κ1) is 26.2. The predicted octanol–water partition coefficient (Wildman–Crippen LogP) is 4.70. The number of methoxy groups -OCH3 is 1. The highest BCUT2D eigenvalue weighted by Crippen LogP contribution is 2.30. The van der Waals surface area contributed by atoms with Crippen LogP contribution in [0.25, 0.3) is 10.9 Å². The molecular formula is C28H25F3N2O4. The van der Waals surface area contributed by atoms with Gasteiger partial charge in [-0.2, -0.15) is 0 Å². The number of carbonyl (C=O) groups excluding carboxylic acids is 1. The Labute approximate surface area is 212 Å². The Morgan fingerprint density at radius 1 is 1.19 bits per heavy atom. The second-order valence-corrected chi connectivity index (χ2v) is 8.98. The molecule has 9 heteroatoms. The van der Waals surface area contributed by atoms with Gasteiger partial charge in [-0.25, -0.2) is 13.2 Å². The fourth-order valence-corrected chi connectivity index (χ4v) is 4.68. The van der Waals surface area contributed by atoms with Crippen LogP contribution in [-0.4, -0.2) is 53.5 Å². The van der Waals surface area contributed by atoms with E-state index in [-0.39, 0.29) is 36.8 Å². The summed E-state index contributed by atoms with van der Waals surface area (Å²) in [6.45, 7) is 0.864. The largest absolute Gasteiger partial charge is 0.497 e. The maximum absolute atomic E-state index is 13.8. The highest BCUT2D eigenvalue weighted by atomic mass is 19.2. The van der Waals surface area contributed by atoms with Gasteiger partial charge in [0, 0.05) is 36.2 Å². The van der Waals surface area contributed by atoms with E-state index >= 15 is 0 Å². The molecule has 0 unspecified atom stereocenters. The molecule has 0 aliphatic carbocycles. The molecule has 2 atom stereocenters. The molecule has 1 N–H and O–H groups in total. The Morgan fingerprint density at radius 2 is 2.00 bits per heavy atom. The summed E-state index contributed by atoms with van der Waals surface area (Å²) in [5.74, 6) is 0.279. The number of aliphatic carboxylic acids is 1. The van der Waals surface area contributed by atoms with E-state index in [4.69, 9.17) is 4.74 Å². The Bertz CT molecular complexity index is 1400. The van der Waals surface area contributed by atoms with Crippen LogP contribution in [0.2, 0.25) is 0 Å². The number of Topliss-reactive ketones (excluding diaryl/α,β-unsaturated/α-hetero) is 1. The minimum absolute atomic E-state index is 0.0950. The number of ether oxygens (including phenoxy) is 1. The van der Waals surface area contributed by atoms with Crippen molar-refractivity contribution in [3.63, 3.8) is 0 Å². The molecule has 0 amide bonds. The summed E-state index contributed by atoms with van der Waals surface area (Å²) >= 11 is 0. The number of nitrogens with zero attached hydrogens (tertiary/aromatic N) is 2. The molecule has 3 aromatic rings. The summed E-state index contributed by atoms with van der Waals surface area (Å²) in [5, 5.41) is 10.5. The van der Waals surface area contributed by atoms with Crippen LogP contribution >= 0.6 is 0 Å². The summed E-state index contributed by atoms with van der Waals surface area (Å²) in [5.41, 5.74) is 0.803. The molecule has 0 spiro atoms. The van der Waals surface area contributed by atoms with Crippen LogP contribution in [0.5, 0.6) is 5.75 Å². The number of carbonyl (C=O) groups is 2. The van der Waals surface area contributed by atoms with Gasteiger partial charge >= 0.3 is 5.97 Å². The van der Waals surface area contributed by atoms with Crippen molar-refractivity contribution in [3.05, 3.63) is 71.2 Å². The normalized spacial score (nSPS) is 17.7. The summed E-state index contributed by atoms with van der Waals surface area (Å²) in [6, 6.07) is 8.24. The van der Waals surface area contributed by atoms with E-state index in [2.05, 4.69) is 16.8 Å². The van der Waals surface area contributed by atoms with E-state index in [9.17, 15) is 27.9 Å². The molecule has 192 valence electrons. The number of aromatic nitrogens is 1. The summed E-state index contributed by atoms with van der Waals surface area (Å²) in [6.07, 6.45) is 2.72. The molecule has 0 radical (unpaired) electrons. The highest BCUT2D eigenvalue weighted by molar-refractivity contribution is 6.07. The Hall–Kier alpha value is -3.90. The smallest absolute Gasteiger partial charge is 0.308 e. The van der Waals surface area contributed by atoms with E-state index < -0.39 is 29.3 Å². The first-order valence-electron chi connectivity index (χ1n) is 11.8. The van der Waals surface area contributed by atoms with Crippen LogP contribution in [0, 0.1) is 41.1 Å². The van der Waals surface area contributed by atoms with Crippen LogP contribution in [0.1, 0.15) is 35.2 Å². The Balaban J connectivity index is 1.39. The molecule has 6 nitrogen and oxygen atoms in total. The molecule has 4 rings (SSSR count). The molecule has 2 heterocycles. The zero-order valence-corrected chi connectivity index (χ0v) is 20.1. The maximum Gasteiger partial charge on any atom is 0.308 e. The van der Waals surface area contributed by atoms with Gasteiger partial charge in [0.25, 0.3) is 0 Å². The summed E-state index contributed by atoms with van der Waals surface area (Å²) < 4.78 is 45.8. The molecule has 0 bridgehead atoms. The number of piperidine rings is 1. The van der Waals surface area contributed by atoms with Gasteiger partial charge in [-0.05, 0) is 55.6 Å². The van der Waals surface area contributed by atoms with Crippen molar-refractivity contribution in [2.75, 3.05) is 26.7 Å². The number of benzene rings is 2. The van der Waals surface area contributed by atoms with Crippen LogP contribution in [0.15, 0.2) is 42.6 Å². The SMILES string of the molecule is COc1ccc2nccc(C(=O)CC[C@H]3CCN(CC#Cc4cc(F)cc(F)c4F)C[C@H]3C(=O)O)c2c1. The van der Waals surface area contributed by atoms with Crippen molar-refractivity contribution in [1.82, 2.24) is 9.88 Å². The molecule has 0 saturated carbocycles. The number of carboxylic acids is 1. The Morgan fingerprint density at radius 3 is 2.76 bits per heavy atom. The lowest BCUT2D eigenvalue weighted by Crippen LogP contribution is -2.44. The number of rotatable bonds is 7. The average Bonchev–Trinajstić information content (AvgIpc) is 2.89. The lowest BCUT2D eigenvalue weighted by Gasteiger charge is -2.35. The third-order valence-electron chi connectivity index (χ3n) is 6.67. The van der Waals surface area contributed by atoms with Crippen LogP contribution in [0.3, 0.4) is 0 Å². The van der Waals surface area contributed by atoms with E-state index in [1.165, 1.54) is 0 Å². The van der Waals surface area contributed by atoms with E-state index in [0.717, 1.165) is 6.07 Å². The summed E-state index contributed by atoms with van der Waals surface area (Å²) in [4.78, 5) is 31.1. The number of ketones is 1. The minimum atomic E-state index is -1.32. The van der Waals surface area contributed by atoms with Gasteiger partial charge in [0.05, 0.1) is 30.7 Å². The van der Waals surface area contributed by atoms with Crippen LogP contribution < -0.4 is 4.74 Å². The number of pyridine rings is 1. The fraction of sp³-hybridized carbons (Fsp3) is 0.321. The van der Waals surface area contributed by atoms with Gasteiger partial charge in [0.1, 0.15) is 11.6 Å². The molecule has 1 aromatic heterocycles. The first-order chi connectivity index (χ1) is 17.8. The van der Waals surface area contributed by atoms with Crippen molar-refractivity contribution < 1.29 is 32.6 Å². The van der Waals surface area contributed by atoms with Gasteiger partial charge < -0.3 is 9.84 Å². The number of likely N-dealkylation sites (tertiary alicyclic amines) is 1. The topological polar surface area (TPSA) is 79.7 Å². The Kier molecular flexibility index (Phi) is 8.09. The lowest BCUT2D eigenvalue weighted by molar-refractivity contribution is -0.146. The molecule has 1 aliphatic heterocycles. The maximum atomic E-state index is 13.8. The number of halogens is 3. The van der Waals surface area contributed by atoms with Gasteiger partial charge in [-0.1, -0.05) is 11.8 Å². The number of carboxylic acid groups (broad SMARTS) is 1. The van der Waals surface area contributed by atoms with Gasteiger partial charge in [-0.3, -0.25) is 19.5 Å². The zero-order chi connectivity index (χ0) is 26.5. The minimum Gasteiger partial charge on any atom is -0.497 e. The van der Waals surface area contributed by atoms with Crippen molar-refractivity contribution >= 4 is 22.7 Å². The number of hydrogen-bond acceptors (Lipinski definition) is 5. The zero-order valence-electron chi connectivity index (χ0n) is 20.1. The highest BCUT2D eigenvalue weighted by Gasteiger charge is 2.34. The van der Waals surface area contributed by atoms with Crippen LogP contribution in [0.4, 0.5) is 13.2 Å². The second-order valence-electron chi connectivity index (χ2n) is 8.98. The van der Waals surface area contributed by atoms with Crippen molar-refractivity contribution in [2.24, 2.45) is 11.8 Å². The summed E-state index contributed by atoms with van der Waals surface area (Å²) in [7, 11) is 1.54. The fourth-order valence-electron chi connectivity index (χ4n) is 4.68. The molecule has 37 heavy (non-hydrogen) atoms. The van der Waals surface area contributed by atoms with Crippen molar-refractivity contribution in [2.45, 2.75) is 19.3 Å². The molecule has 1 aliphatic rings. The molecule has 2 aromatic carbocycles. The molecule has 1 fully saturated rings. The number of fused-ring (bicyclic) bond motifs is 1. The molecular weight excluding hydrogens is 485 g/mol. The van der Waals surface area contributed by atoms with E-state index in [1.54, 1.807) is 42.5 Å². The van der Waals surface area contributed by atoms with Crippen molar-refractivity contribution in [3.8, 4) is 17.6 Å². The number of hydrogen-bond donors (Lipinski definition) is 1. The van der Waals surface area contributed by atoms with Gasteiger partial charge in [0.2, 0.25) is 0 Å². The van der Waals surface area contributed by atoms with E-state index in [0.29, 0.717) is 47.7 Å². The second kappa shape index (κ2) is 11.4. The van der Waals surface area contributed by atoms with Crippen LogP contribution in [-0.2, 0) is 4.79 Å². The monoisotopic (exact) mass is 510 g/mol. The average molecular weight is 511 g/mol.